The number of carbonyl (C=O) groups is 1. The molecular formula is C20H26N2O2. The van der Waals surface area contributed by atoms with Crippen molar-refractivity contribution in [1.82, 2.24) is 4.98 Å². The Morgan fingerprint density at radius 2 is 1.79 bits per heavy atom. The van der Waals surface area contributed by atoms with Crippen LogP contribution in [0.4, 0.5) is 5.82 Å². The van der Waals surface area contributed by atoms with Crippen molar-refractivity contribution in [1.29, 1.82) is 0 Å². The lowest BCUT2D eigenvalue weighted by Crippen LogP contribution is -2.26. The van der Waals surface area contributed by atoms with Gasteiger partial charge in [-0.2, -0.15) is 0 Å². The van der Waals surface area contributed by atoms with E-state index in [1.54, 1.807) is 0 Å². The van der Waals surface area contributed by atoms with E-state index in [0.29, 0.717) is 5.82 Å². The molecule has 4 nitrogen and oxygen atoms in total. The Bertz CT molecular complexity index is 734. The molecule has 0 aliphatic carbocycles. The summed E-state index contributed by atoms with van der Waals surface area (Å²) in [5.41, 5.74) is 3.97. The fraction of sp³-hybridized carbons (Fsp3) is 0.400. The summed E-state index contributed by atoms with van der Waals surface area (Å²) in [6, 6.07) is 9.83. The number of nitrogens with zero attached hydrogens (tertiary/aromatic N) is 2. The Morgan fingerprint density at radius 3 is 2.29 bits per heavy atom. The number of aromatic nitrogens is 1. The van der Waals surface area contributed by atoms with Gasteiger partial charge in [-0.3, -0.25) is 0 Å². The zero-order valence-electron chi connectivity index (χ0n) is 15.1. The maximum absolute atomic E-state index is 12.1. The molecule has 1 aromatic heterocycles. The molecule has 0 aliphatic heterocycles. The average Bonchev–Trinajstić information content (AvgIpc) is 2.55. The van der Waals surface area contributed by atoms with Crippen LogP contribution in [0.1, 0.15) is 55.2 Å². The van der Waals surface area contributed by atoms with E-state index in [0.717, 1.165) is 35.5 Å². The van der Waals surface area contributed by atoms with Gasteiger partial charge in [-0.15, -0.1) is 0 Å². The first-order valence-corrected chi connectivity index (χ1v) is 8.49. The van der Waals surface area contributed by atoms with Crippen LogP contribution in [-0.4, -0.2) is 29.1 Å². The first-order chi connectivity index (χ1) is 11.4. The monoisotopic (exact) mass is 326 g/mol. The van der Waals surface area contributed by atoms with E-state index in [1.165, 1.54) is 0 Å². The second kappa shape index (κ2) is 7.47. The minimum Gasteiger partial charge on any atom is -0.478 e. The van der Waals surface area contributed by atoms with Crippen molar-refractivity contribution in [2.45, 2.75) is 40.5 Å². The highest BCUT2D eigenvalue weighted by Gasteiger charge is 2.24. The second-order valence-corrected chi connectivity index (χ2v) is 6.24. The number of aryl methyl sites for hydroxylation is 1. The summed E-state index contributed by atoms with van der Waals surface area (Å²) in [6.45, 7) is 11.6. The van der Waals surface area contributed by atoms with Crippen LogP contribution in [-0.2, 0) is 0 Å². The lowest BCUT2D eigenvalue weighted by atomic mass is 9.94. The van der Waals surface area contributed by atoms with Crippen molar-refractivity contribution in [3.8, 4) is 11.1 Å². The normalized spacial score (nSPS) is 10.9. The summed E-state index contributed by atoms with van der Waals surface area (Å²) in [6.07, 6.45) is 0. The second-order valence-electron chi connectivity index (χ2n) is 6.24. The molecule has 0 amide bonds. The molecule has 1 heterocycles. The third-order valence-electron chi connectivity index (χ3n) is 4.32. The zero-order chi connectivity index (χ0) is 17.9. The molecule has 1 N–H and O–H groups in total. The van der Waals surface area contributed by atoms with Crippen LogP contribution in [0.25, 0.3) is 11.1 Å². The van der Waals surface area contributed by atoms with Crippen LogP contribution in [0.2, 0.25) is 0 Å². The Balaban J connectivity index is 2.86. The number of aromatic carboxylic acids is 1. The van der Waals surface area contributed by atoms with E-state index in [9.17, 15) is 9.90 Å². The van der Waals surface area contributed by atoms with Gasteiger partial charge >= 0.3 is 5.97 Å². The van der Waals surface area contributed by atoms with E-state index in [2.05, 4.69) is 13.8 Å². The molecule has 2 rings (SSSR count). The van der Waals surface area contributed by atoms with Gasteiger partial charge in [0.2, 0.25) is 0 Å². The quantitative estimate of drug-likeness (QED) is 0.834. The maximum Gasteiger partial charge on any atom is 0.340 e. The van der Waals surface area contributed by atoms with Gasteiger partial charge in [-0.25, -0.2) is 9.78 Å². The van der Waals surface area contributed by atoms with E-state index < -0.39 is 5.97 Å². The average molecular weight is 326 g/mol. The molecule has 0 saturated carbocycles. The molecule has 0 aliphatic rings. The zero-order valence-corrected chi connectivity index (χ0v) is 15.1. The minimum absolute atomic E-state index is 0.227. The predicted octanol–water partition coefficient (Wildman–Crippen LogP) is 4.72. The number of pyridine rings is 1. The number of hydrogen-bond donors (Lipinski definition) is 1. The molecule has 0 spiro atoms. The Labute approximate surface area is 144 Å². The lowest BCUT2D eigenvalue weighted by Gasteiger charge is -2.25. The summed E-state index contributed by atoms with van der Waals surface area (Å²) in [5.74, 6) is -0.139. The Hall–Kier alpha value is -2.36. The van der Waals surface area contributed by atoms with Gasteiger partial charge < -0.3 is 10.0 Å². The molecule has 0 fully saturated rings. The highest BCUT2D eigenvalue weighted by Crippen LogP contribution is 2.34. The smallest absolute Gasteiger partial charge is 0.340 e. The van der Waals surface area contributed by atoms with Crippen molar-refractivity contribution >= 4 is 11.8 Å². The Kier molecular flexibility index (Phi) is 5.60. The molecular weight excluding hydrogens is 300 g/mol. The molecule has 0 unspecified atom stereocenters. The largest absolute Gasteiger partial charge is 0.478 e. The molecule has 0 atom stereocenters. The van der Waals surface area contributed by atoms with Gasteiger partial charge in [-0.1, -0.05) is 38.1 Å². The summed E-state index contributed by atoms with van der Waals surface area (Å²) in [7, 11) is 0. The van der Waals surface area contributed by atoms with Crippen molar-refractivity contribution in [3.05, 3.63) is 47.2 Å². The number of rotatable bonds is 6. The van der Waals surface area contributed by atoms with Crippen molar-refractivity contribution < 1.29 is 9.90 Å². The first-order valence-electron chi connectivity index (χ1n) is 8.49. The van der Waals surface area contributed by atoms with E-state index in [-0.39, 0.29) is 11.5 Å². The third kappa shape index (κ3) is 3.42. The number of hydrogen-bond acceptors (Lipinski definition) is 3. The highest BCUT2D eigenvalue weighted by molar-refractivity contribution is 6.01. The summed E-state index contributed by atoms with van der Waals surface area (Å²) < 4.78 is 0. The van der Waals surface area contributed by atoms with Gasteiger partial charge in [0, 0.05) is 24.3 Å². The molecule has 0 saturated heterocycles. The maximum atomic E-state index is 12.1. The van der Waals surface area contributed by atoms with Gasteiger partial charge in [0.25, 0.3) is 0 Å². The summed E-state index contributed by atoms with van der Waals surface area (Å²) in [4.78, 5) is 18.8. The van der Waals surface area contributed by atoms with E-state index >= 15 is 0 Å². The molecule has 0 bridgehead atoms. The van der Waals surface area contributed by atoms with Crippen LogP contribution in [0.15, 0.2) is 30.3 Å². The van der Waals surface area contributed by atoms with Crippen LogP contribution in [0.5, 0.6) is 0 Å². The predicted molar refractivity (Wildman–Crippen MR) is 99.0 cm³/mol. The molecule has 2 aromatic rings. The van der Waals surface area contributed by atoms with Gasteiger partial charge in [-0.05, 0) is 43.9 Å². The molecule has 1 aromatic carbocycles. The number of carboxylic acid groups (broad SMARTS) is 1. The van der Waals surface area contributed by atoms with Crippen molar-refractivity contribution in [2.75, 3.05) is 18.0 Å². The van der Waals surface area contributed by atoms with Crippen molar-refractivity contribution in [3.63, 3.8) is 0 Å². The summed E-state index contributed by atoms with van der Waals surface area (Å²) >= 11 is 0. The van der Waals surface area contributed by atoms with Gasteiger partial charge in [0.1, 0.15) is 11.4 Å². The van der Waals surface area contributed by atoms with E-state index in [1.807, 2.05) is 56.0 Å². The minimum atomic E-state index is -0.932. The molecule has 128 valence electrons. The number of benzene rings is 1. The topological polar surface area (TPSA) is 53.4 Å². The SMILES string of the molecule is CCN(CC)c1nc(C(C)C)cc(-c2ccccc2C)c1C(=O)O. The number of carboxylic acids is 1. The van der Waals surface area contributed by atoms with E-state index in [4.69, 9.17) is 4.98 Å². The highest BCUT2D eigenvalue weighted by atomic mass is 16.4. The van der Waals surface area contributed by atoms with Crippen molar-refractivity contribution in [2.24, 2.45) is 0 Å². The molecule has 24 heavy (non-hydrogen) atoms. The Morgan fingerprint density at radius 1 is 1.17 bits per heavy atom. The lowest BCUT2D eigenvalue weighted by molar-refractivity contribution is 0.0698. The fourth-order valence-electron chi connectivity index (χ4n) is 2.90. The standard InChI is InChI=1S/C20H26N2O2/c1-6-22(7-2)19-18(20(23)24)16(12-17(21-19)13(3)4)15-11-9-8-10-14(15)5/h8-13H,6-7H2,1-5H3,(H,23,24). The van der Waals surface area contributed by atoms with Gasteiger partial charge in [0.15, 0.2) is 0 Å². The first kappa shape index (κ1) is 18.0. The van der Waals surface area contributed by atoms with Crippen LogP contribution in [0, 0.1) is 6.92 Å². The molecule has 4 heteroatoms. The summed E-state index contributed by atoms with van der Waals surface area (Å²) in [5, 5.41) is 9.90. The molecule has 0 radical (unpaired) electrons. The van der Waals surface area contributed by atoms with Crippen LogP contribution < -0.4 is 4.90 Å². The third-order valence-corrected chi connectivity index (χ3v) is 4.32. The van der Waals surface area contributed by atoms with Gasteiger partial charge in [0.05, 0.1) is 0 Å². The number of anilines is 1. The van der Waals surface area contributed by atoms with Crippen LogP contribution >= 0.6 is 0 Å². The van der Waals surface area contributed by atoms with Crippen LogP contribution in [0.3, 0.4) is 0 Å². The fourth-order valence-corrected chi connectivity index (χ4v) is 2.90.